The molecule has 1 aliphatic carbocycles. The van der Waals surface area contributed by atoms with Gasteiger partial charge in [-0.15, -0.1) is 12.4 Å². The van der Waals surface area contributed by atoms with Crippen LogP contribution < -0.4 is 10.6 Å². The highest BCUT2D eigenvalue weighted by Crippen LogP contribution is 2.32. The van der Waals surface area contributed by atoms with Crippen LogP contribution in [0.3, 0.4) is 0 Å². The Morgan fingerprint density at radius 2 is 2.19 bits per heavy atom. The van der Waals surface area contributed by atoms with Gasteiger partial charge >= 0.3 is 0 Å². The smallest absolute Gasteiger partial charge is 0.220 e. The first-order chi connectivity index (χ1) is 7.25. The lowest BCUT2D eigenvalue weighted by molar-refractivity contribution is -0.122. The fraction of sp³-hybridized carbons (Fsp3) is 0.917. The molecule has 0 aromatic carbocycles. The summed E-state index contributed by atoms with van der Waals surface area (Å²) in [6, 6.07) is 0.337. The molecule has 2 N–H and O–H groups in total. The summed E-state index contributed by atoms with van der Waals surface area (Å²) in [4.78, 5) is 11.6. The van der Waals surface area contributed by atoms with Crippen molar-refractivity contribution in [1.29, 1.82) is 0 Å². The van der Waals surface area contributed by atoms with Gasteiger partial charge in [0, 0.05) is 12.5 Å². The van der Waals surface area contributed by atoms with E-state index in [0.29, 0.717) is 17.9 Å². The highest BCUT2D eigenvalue weighted by atomic mass is 35.5. The van der Waals surface area contributed by atoms with Crippen LogP contribution in [0.15, 0.2) is 0 Å². The van der Waals surface area contributed by atoms with Crippen molar-refractivity contribution in [3.05, 3.63) is 0 Å². The standard InChI is InChI=1S/C12H22N2O.ClH/c1-9(11-3-2-6-13-8-11)14-12(15)7-10-4-5-10;/h9-11,13H,2-8H2,1H3,(H,14,15);1H. The molecule has 1 aliphatic heterocycles. The van der Waals surface area contributed by atoms with Gasteiger partial charge in [0.15, 0.2) is 0 Å². The summed E-state index contributed by atoms with van der Waals surface area (Å²) in [5.41, 5.74) is 0. The van der Waals surface area contributed by atoms with Gasteiger partial charge in [0.05, 0.1) is 0 Å². The predicted octanol–water partition coefficient (Wildman–Crippen LogP) is 1.71. The molecule has 16 heavy (non-hydrogen) atoms. The summed E-state index contributed by atoms with van der Waals surface area (Å²) in [6.45, 7) is 4.34. The molecule has 2 atom stereocenters. The summed E-state index contributed by atoms with van der Waals surface area (Å²) >= 11 is 0. The lowest BCUT2D eigenvalue weighted by atomic mass is 9.93. The van der Waals surface area contributed by atoms with Crippen LogP contribution in [0.2, 0.25) is 0 Å². The average Bonchev–Trinajstić information content (AvgIpc) is 3.03. The van der Waals surface area contributed by atoms with E-state index in [9.17, 15) is 4.79 Å². The Labute approximate surface area is 104 Å². The molecular formula is C12H23ClN2O. The van der Waals surface area contributed by atoms with Gasteiger partial charge in [-0.25, -0.2) is 0 Å². The van der Waals surface area contributed by atoms with Gasteiger partial charge in [0.25, 0.3) is 0 Å². The monoisotopic (exact) mass is 246 g/mol. The molecule has 1 saturated heterocycles. The Morgan fingerprint density at radius 3 is 2.75 bits per heavy atom. The molecule has 0 aromatic heterocycles. The first kappa shape index (κ1) is 13.8. The van der Waals surface area contributed by atoms with Crippen molar-refractivity contribution in [2.45, 2.75) is 45.1 Å². The van der Waals surface area contributed by atoms with E-state index in [1.807, 2.05) is 0 Å². The highest BCUT2D eigenvalue weighted by Gasteiger charge is 2.26. The number of halogens is 1. The number of amides is 1. The van der Waals surface area contributed by atoms with E-state index in [1.165, 1.54) is 25.7 Å². The van der Waals surface area contributed by atoms with Crippen LogP contribution >= 0.6 is 12.4 Å². The molecule has 1 heterocycles. The van der Waals surface area contributed by atoms with Gasteiger partial charge in [-0.1, -0.05) is 0 Å². The van der Waals surface area contributed by atoms with Gasteiger partial charge in [-0.3, -0.25) is 4.79 Å². The summed E-state index contributed by atoms with van der Waals surface area (Å²) < 4.78 is 0. The number of hydrogen-bond acceptors (Lipinski definition) is 2. The first-order valence-electron chi connectivity index (χ1n) is 6.26. The zero-order chi connectivity index (χ0) is 10.7. The number of hydrogen-bond donors (Lipinski definition) is 2. The molecule has 2 fully saturated rings. The average molecular weight is 247 g/mol. The summed E-state index contributed by atoms with van der Waals surface area (Å²) in [5.74, 6) is 1.58. The van der Waals surface area contributed by atoms with E-state index in [0.717, 1.165) is 19.5 Å². The first-order valence-corrected chi connectivity index (χ1v) is 6.26. The highest BCUT2D eigenvalue weighted by molar-refractivity contribution is 5.85. The fourth-order valence-electron chi connectivity index (χ4n) is 2.32. The normalized spacial score (nSPS) is 26.7. The van der Waals surface area contributed by atoms with Crippen LogP contribution in [-0.2, 0) is 4.79 Å². The van der Waals surface area contributed by atoms with Crippen molar-refractivity contribution in [3.63, 3.8) is 0 Å². The van der Waals surface area contributed by atoms with Crippen LogP contribution in [0.4, 0.5) is 0 Å². The lowest BCUT2D eigenvalue weighted by Gasteiger charge is -2.28. The van der Waals surface area contributed by atoms with E-state index >= 15 is 0 Å². The zero-order valence-electron chi connectivity index (χ0n) is 10.00. The number of piperidine rings is 1. The molecule has 2 unspecified atom stereocenters. The third-order valence-corrected chi connectivity index (χ3v) is 3.60. The second kappa shape index (κ2) is 6.45. The molecule has 94 valence electrons. The molecular weight excluding hydrogens is 224 g/mol. The van der Waals surface area contributed by atoms with Crippen molar-refractivity contribution < 1.29 is 4.79 Å². The van der Waals surface area contributed by atoms with Gasteiger partial charge in [0.1, 0.15) is 0 Å². The second-order valence-corrected chi connectivity index (χ2v) is 5.11. The maximum absolute atomic E-state index is 11.6. The molecule has 2 rings (SSSR count). The molecule has 0 aromatic rings. The van der Waals surface area contributed by atoms with E-state index in [4.69, 9.17) is 0 Å². The van der Waals surface area contributed by atoms with Gasteiger partial charge in [-0.2, -0.15) is 0 Å². The number of nitrogens with one attached hydrogen (secondary N) is 2. The maximum atomic E-state index is 11.6. The van der Waals surface area contributed by atoms with Crippen molar-refractivity contribution in [2.24, 2.45) is 11.8 Å². The molecule has 1 saturated carbocycles. The minimum absolute atomic E-state index is 0. The van der Waals surface area contributed by atoms with E-state index in [-0.39, 0.29) is 18.3 Å². The molecule has 2 aliphatic rings. The van der Waals surface area contributed by atoms with Gasteiger partial charge in [0.2, 0.25) is 5.91 Å². The molecule has 3 nitrogen and oxygen atoms in total. The summed E-state index contributed by atoms with van der Waals surface area (Å²) in [6.07, 6.45) is 5.76. The lowest BCUT2D eigenvalue weighted by Crippen LogP contribution is -2.44. The summed E-state index contributed by atoms with van der Waals surface area (Å²) in [5, 5.41) is 6.53. The van der Waals surface area contributed by atoms with E-state index in [1.54, 1.807) is 0 Å². The van der Waals surface area contributed by atoms with Crippen LogP contribution in [0.25, 0.3) is 0 Å². The number of carbonyl (C=O) groups is 1. The quantitative estimate of drug-likeness (QED) is 0.793. The van der Waals surface area contributed by atoms with Gasteiger partial charge < -0.3 is 10.6 Å². The van der Waals surface area contributed by atoms with Crippen molar-refractivity contribution in [1.82, 2.24) is 10.6 Å². The van der Waals surface area contributed by atoms with Crippen LogP contribution in [0, 0.1) is 11.8 Å². The molecule has 1 amide bonds. The second-order valence-electron chi connectivity index (χ2n) is 5.11. The van der Waals surface area contributed by atoms with Crippen molar-refractivity contribution >= 4 is 18.3 Å². The van der Waals surface area contributed by atoms with Crippen molar-refractivity contribution in [2.75, 3.05) is 13.1 Å². The van der Waals surface area contributed by atoms with Gasteiger partial charge in [-0.05, 0) is 57.5 Å². The van der Waals surface area contributed by atoms with Crippen LogP contribution in [0.5, 0.6) is 0 Å². The molecule has 0 radical (unpaired) electrons. The molecule has 0 bridgehead atoms. The SMILES string of the molecule is CC(NC(=O)CC1CC1)C1CCCNC1.Cl. The minimum atomic E-state index is 0. The Kier molecular flexibility index (Phi) is 5.56. The minimum Gasteiger partial charge on any atom is -0.353 e. The Bertz CT molecular complexity index is 225. The fourth-order valence-corrected chi connectivity index (χ4v) is 2.32. The number of rotatable bonds is 4. The number of carbonyl (C=O) groups excluding carboxylic acids is 1. The van der Waals surface area contributed by atoms with Crippen LogP contribution in [0.1, 0.15) is 39.0 Å². The van der Waals surface area contributed by atoms with E-state index in [2.05, 4.69) is 17.6 Å². The Morgan fingerprint density at radius 1 is 1.44 bits per heavy atom. The third-order valence-electron chi connectivity index (χ3n) is 3.60. The van der Waals surface area contributed by atoms with Crippen LogP contribution in [-0.4, -0.2) is 25.0 Å². The largest absolute Gasteiger partial charge is 0.353 e. The maximum Gasteiger partial charge on any atom is 0.220 e. The molecule has 0 spiro atoms. The molecule has 4 heteroatoms. The zero-order valence-corrected chi connectivity index (χ0v) is 10.8. The van der Waals surface area contributed by atoms with Crippen molar-refractivity contribution in [3.8, 4) is 0 Å². The Balaban J connectivity index is 0.00000128. The van der Waals surface area contributed by atoms with E-state index < -0.39 is 0 Å². The predicted molar refractivity (Wildman–Crippen MR) is 67.8 cm³/mol. The summed E-state index contributed by atoms with van der Waals surface area (Å²) in [7, 11) is 0. The topological polar surface area (TPSA) is 41.1 Å². The third kappa shape index (κ3) is 4.30. The Hall–Kier alpha value is -0.280.